The number of rotatable bonds is 7. The Morgan fingerprint density at radius 2 is 1.61 bits per heavy atom. The van der Waals surface area contributed by atoms with E-state index >= 15 is 0 Å². The predicted octanol–water partition coefficient (Wildman–Crippen LogP) is 1.39. The molecular formula is C17H19N3O3. The van der Waals surface area contributed by atoms with Crippen molar-refractivity contribution in [3.8, 4) is 0 Å². The molecule has 0 radical (unpaired) electrons. The maximum absolute atomic E-state index is 12.1. The number of nitrogens with one attached hydrogen (secondary N) is 2. The average Bonchev–Trinajstić information content (AvgIpc) is 2.61. The van der Waals surface area contributed by atoms with E-state index in [-0.39, 0.29) is 23.2 Å². The Kier molecular flexibility index (Phi) is 6.26. The highest BCUT2D eigenvalue weighted by molar-refractivity contribution is 5.96. The number of hydrogen-bond acceptors (Lipinski definition) is 4. The molecule has 0 atom stereocenters. The molecule has 0 fully saturated rings. The fourth-order valence-corrected chi connectivity index (χ4v) is 1.91. The lowest BCUT2D eigenvalue weighted by molar-refractivity contribution is 0.0930. The zero-order valence-corrected chi connectivity index (χ0v) is 12.9. The SMILES string of the molecule is COCCNC(=O)c1cccc(C(=O)NCc2ccccc2)n1. The van der Waals surface area contributed by atoms with E-state index in [4.69, 9.17) is 4.74 Å². The number of hydrogen-bond donors (Lipinski definition) is 2. The van der Waals surface area contributed by atoms with Crippen molar-refractivity contribution in [2.45, 2.75) is 6.54 Å². The van der Waals surface area contributed by atoms with Gasteiger partial charge in [0.25, 0.3) is 11.8 Å². The summed E-state index contributed by atoms with van der Waals surface area (Å²) < 4.78 is 4.86. The molecule has 120 valence electrons. The van der Waals surface area contributed by atoms with Crippen LogP contribution in [0.5, 0.6) is 0 Å². The van der Waals surface area contributed by atoms with Crippen molar-refractivity contribution < 1.29 is 14.3 Å². The van der Waals surface area contributed by atoms with Crippen LogP contribution in [0.2, 0.25) is 0 Å². The average molecular weight is 313 g/mol. The standard InChI is InChI=1S/C17H19N3O3/c1-23-11-10-18-16(21)14-8-5-9-15(20-14)17(22)19-12-13-6-3-2-4-7-13/h2-9H,10-12H2,1H3,(H,18,21)(H,19,22). The van der Waals surface area contributed by atoms with Crippen LogP contribution in [-0.2, 0) is 11.3 Å². The molecule has 2 amide bonds. The van der Waals surface area contributed by atoms with Crippen LogP contribution in [0.4, 0.5) is 0 Å². The van der Waals surface area contributed by atoms with Crippen molar-refractivity contribution in [1.82, 2.24) is 15.6 Å². The van der Waals surface area contributed by atoms with Crippen LogP contribution in [0.1, 0.15) is 26.5 Å². The van der Waals surface area contributed by atoms with Crippen molar-refractivity contribution in [2.75, 3.05) is 20.3 Å². The molecule has 0 spiro atoms. The van der Waals surface area contributed by atoms with Crippen molar-refractivity contribution in [3.63, 3.8) is 0 Å². The summed E-state index contributed by atoms with van der Waals surface area (Å²) in [7, 11) is 1.56. The predicted molar refractivity (Wildman–Crippen MR) is 86.1 cm³/mol. The summed E-state index contributed by atoms with van der Waals surface area (Å²) >= 11 is 0. The van der Waals surface area contributed by atoms with E-state index in [0.717, 1.165) is 5.56 Å². The van der Waals surface area contributed by atoms with E-state index in [2.05, 4.69) is 15.6 Å². The van der Waals surface area contributed by atoms with Gasteiger partial charge in [-0.15, -0.1) is 0 Å². The first-order chi connectivity index (χ1) is 11.2. The summed E-state index contributed by atoms with van der Waals surface area (Å²) in [5, 5.41) is 5.45. The van der Waals surface area contributed by atoms with Gasteiger partial charge in [0.2, 0.25) is 0 Å². The number of carbonyl (C=O) groups excluding carboxylic acids is 2. The molecule has 0 aliphatic heterocycles. The van der Waals surface area contributed by atoms with Crippen molar-refractivity contribution in [1.29, 1.82) is 0 Å². The molecule has 2 rings (SSSR count). The highest BCUT2D eigenvalue weighted by Crippen LogP contribution is 2.02. The summed E-state index contributed by atoms with van der Waals surface area (Å²) in [5.74, 6) is -0.653. The largest absolute Gasteiger partial charge is 0.383 e. The number of nitrogens with zero attached hydrogens (tertiary/aromatic N) is 1. The summed E-state index contributed by atoms with van der Waals surface area (Å²) in [6.07, 6.45) is 0. The van der Waals surface area contributed by atoms with Crippen molar-refractivity contribution in [3.05, 3.63) is 65.5 Å². The van der Waals surface area contributed by atoms with E-state index in [1.54, 1.807) is 25.3 Å². The highest BCUT2D eigenvalue weighted by Gasteiger charge is 2.11. The lowest BCUT2D eigenvalue weighted by Gasteiger charge is -2.07. The molecular weight excluding hydrogens is 294 g/mol. The molecule has 1 aromatic carbocycles. The van der Waals surface area contributed by atoms with E-state index in [0.29, 0.717) is 19.7 Å². The molecule has 6 nitrogen and oxygen atoms in total. The molecule has 0 aliphatic carbocycles. The van der Waals surface area contributed by atoms with Gasteiger partial charge in [-0.25, -0.2) is 4.98 Å². The molecule has 0 saturated carbocycles. The molecule has 23 heavy (non-hydrogen) atoms. The first-order valence-corrected chi connectivity index (χ1v) is 7.27. The van der Waals surface area contributed by atoms with Crippen LogP contribution in [0.25, 0.3) is 0 Å². The van der Waals surface area contributed by atoms with Crippen LogP contribution >= 0.6 is 0 Å². The molecule has 2 aromatic rings. The van der Waals surface area contributed by atoms with Gasteiger partial charge in [-0.05, 0) is 17.7 Å². The van der Waals surface area contributed by atoms with Gasteiger partial charge in [0, 0.05) is 20.2 Å². The molecule has 1 aromatic heterocycles. The van der Waals surface area contributed by atoms with Crippen LogP contribution in [0, 0.1) is 0 Å². The van der Waals surface area contributed by atoms with E-state index < -0.39 is 0 Å². The van der Waals surface area contributed by atoms with Gasteiger partial charge in [0.1, 0.15) is 11.4 Å². The summed E-state index contributed by atoms with van der Waals surface area (Å²) in [6, 6.07) is 14.4. The van der Waals surface area contributed by atoms with Gasteiger partial charge in [0.15, 0.2) is 0 Å². The number of methoxy groups -OCH3 is 1. The zero-order valence-electron chi connectivity index (χ0n) is 12.9. The number of aromatic nitrogens is 1. The topological polar surface area (TPSA) is 80.3 Å². The highest BCUT2D eigenvalue weighted by atomic mass is 16.5. The van der Waals surface area contributed by atoms with Gasteiger partial charge in [-0.1, -0.05) is 36.4 Å². The lowest BCUT2D eigenvalue weighted by atomic mass is 10.2. The van der Waals surface area contributed by atoms with Crippen LogP contribution < -0.4 is 10.6 Å². The number of pyridine rings is 1. The third-order valence-corrected chi connectivity index (χ3v) is 3.10. The van der Waals surface area contributed by atoms with Gasteiger partial charge >= 0.3 is 0 Å². The number of ether oxygens (including phenoxy) is 1. The summed E-state index contributed by atoms with van der Waals surface area (Å²) in [6.45, 7) is 1.22. The second-order valence-corrected chi connectivity index (χ2v) is 4.83. The van der Waals surface area contributed by atoms with Crippen molar-refractivity contribution in [2.24, 2.45) is 0 Å². The minimum atomic E-state index is -0.334. The fraction of sp³-hybridized carbons (Fsp3) is 0.235. The Bertz CT molecular complexity index is 659. The fourth-order valence-electron chi connectivity index (χ4n) is 1.91. The normalized spacial score (nSPS) is 10.1. The van der Waals surface area contributed by atoms with E-state index in [9.17, 15) is 9.59 Å². The number of amides is 2. The van der Waals surface area contributed by atoms with Crippen LogP contribution in [0.15, 0.2) is 48.5 Å². The minimum absolute atomic E-state index is 0.202. The smallest absolute Gasteiger partial charge is 0.270 e. The molecule has 0 aliphatic rings. The molecule has 2 N–H and O–H groups in total. The molecule has 0 saturated heterocycles. The molecule has 0 bridgehead atoms. The van der Waals surface area contributed by atoms with Gasteiger partial charge in [0.05, 0.1) is 6.61 Å². The Morgan fingerprint density at radius 3 is 2.26 bits per heavy atom. The first kappa shape index (κ1) is 16.6. The lowest BCUT2D eigenvalue weighted by Crippen LogP contribution is -2.29. The maximum atomic E-state index is 12.1. The number of carbonyl (C=O) groups is 2. The first-order valence-electron chi connectivity index (χ1n) is 7.27. The minimum Gasteiger partial charge on any atom is -0.383 e. The molecule has 1 heterocycles. The monoisotopic (exact) mass is 313 g/mol. The van der Waals surface area contributed by atoms with E-state index in [1.807, 2.05) is 30.3 Å². The summed E-state index contributed by atoms with van der Waals surface area (Å²) in [4.78, 5) is 28.1. The van der Waals surface area contributed by atoms with Gasteiger partial charge in [-0.2, -0.15) is 0 Å². The maximum Gasteiger partial charge on any atom is 0.270 e. The third-order valence-electron chi connectivity index (χ3n) is 3.10. The van der Waals surface area contributed by atoms with Gasteiger partial charge < -0.3 is 15.4 Å². The summed E-state index contributed by atoms with van der Waals surface area (Å²) in [5.41, 5.74) is 1.41. The Hall–Kier alpha value is -2.73. The Morgan fingerprint density at radius 1 is 0.957 bits per heavy atom. The Balaban J connectivity index is 1.95. The quantitative estimate of drug-likeness (QED) is 0.757. The van der Waals surface area contributed by atoms with Crippen molar-refractivity contribution >= 4 is 11.8 Å². The van der Waals surface area contributed by atoms with Crippen LogP contribution in [-0.4, -0.2) is 37.1 Å². The van der Waals surface area contributed by atoms with Gasteiger partial charge in [-0.3, -0.25) is 9.59 Å². The second-order valence-electron chi connectivity index (χ2n) is 4.83. The molecule has 6 heteroatoms. The zero-order chi connectivity index (χ0) is 16.5. The Labute approximate surface area is 134 Å². The third kappa shape index (κ3) is 5.19. The molecule has 0 unspecified atom stereocenters. The second kappa shape index (κ2) is 8.65. The number of benzene rings is 1. The van der Waals surface area contributed by atoms with E-state index in [1.165, 1.54) is 0 Å². The van der Waals surface area contributed by atoms with Crippen LogP contribution in [0.3, 0.4) is 0 Å².